The molecular formula is C11H9Cl2IrN. The van der Waals surface area contributed by atoms with Gasteiger partial charge in [0.15, 0.2) is 0 Å². The van der Waals surface area contributed by atoms with E-state index in [0.717, 1.165) is 11.3 Å². The Bertz CT molecular complexity index is 329. The standard InChI is InChI=1S/C11H9N.2ClH.Ir/c1-2-6-10(7-3-1)11-8-4-5-9-12-11;;;/h1-9H;2*1H;/q;;;+2/p-2. The molecule has 4 heteroatoms. The van der Waals surface area contributed by atoms with Gasteiger partial charge in [-0.15, -0.1) is 0 Å². The van der Waals surface area contributed by atoms with Crippen LogP contribution >= 0.6 is 19.2 Å². The molecule has 2 aromatic rings. The van der Waals surface area contributed by atoms with Gasteiger partial charge in [0.2, 0.25) is 0 Å². The van der Waals surface area contributed by atoms with E-state index in [0.29, 0.717) is 0 Å². The molecule has 0 amide bonds. The largest absolute Gasteiger partial charge is 0.256 e. The van der Waals surface area contributed by atoms with Crippen LogP contribution in [0.4, 0.5) is 0 Å². The summed E-state index contributed by atoms with van der Waals surface area (Å²) in [5, 5.41) is 0. The zero-order chi connectivity index (χ0) is 10.9. The molecule has 81 valence electrons. The number of benzene rings is 1. The fourth-order valence-corrected chi connectivity index (χ4v) is 1.14. The van der Waals surface area contributed by atoms with Crippen molar-refractivity contribution in [3.63, 3.8) is 0 Å². The molecule has 0 spiro atoms. The maximum Gasteiger partial charge on any atom is 0.0701 e. The average molecular weight is 418 g/mol. The number of hydrogen-bond acceptors (Lipinski definition) is 1. The third-order valence-corrected chi connectivity index (χ3v) is 1.73. The number of rotatable bonds is 1. The van der Waals surface area contributed by atoms with Crippen LogP contribution < -0.4 is 0 Å². The topological polar surface area (TPSA) is 12.9 Å². The van der Waals surface area contributed by atoms with E-state index < -0.39 is 15.7 Å². The number of hydrogen-bond donors (Lipinski definition) is 0. The molecular weight excluding hydrogens is 409 g/mol. The van der Waals surface area contributed by atoms with Gasteiger partial charge in [0.1, 0.15) is 0 Å². The predicted octanol–water partition coefficient (Wildman–Crippen LogP) is 4.13. The van der Waals surface area contributed by atoms with Crippen LogP contribution in [0.5, 0.6) is 0 Å². The molecule has 1 nitrogen and oxygen atoms in total. The van der Waals surface area contributed by atoms with Gasteiger partial charge in [-0.25, -0.2) is 0 Å². The molecule has 0 saturated carbocycles. The second-order valence-corrected chi connectivity index (χ2v) is 6.09. The van der Waals surface area contributed by atoms with Gasteiger partial charge < -0.3 is 0 Å². The second kappa shape index (κ2) is 7.83. The van der Waals surface area contributed by atoms with Gasteiger partial charge in [-0.2, -0.15) is 0 Å². The third kappa shape index (κ3) is 4.76. The van der Waals surface area contributed by atoms with Crippen molar-refractivity contribution in [3.8, 4) is 11.3 Å². The summed E-state index contributed by atoms with van der Waals surface area (Å²) in [7, 11) is 9.78. The Morgan fingerprint density at radius 2 is 1.47 bits per heavy atom. The molecule has 15 heavy (non-hydrogen) atoms. The Labute approximate surface area is 105 Å². The van der Waals surface area contributed by atoms with Crippen molar-refractivity contribution in [3.05, 3.63) is 54.7 Å². The van der Waals surface area contributed by atoms with Crippen LogP contribution in [-0.4, -0.2) is 4.98 Å². The van der Waals surface area contributed by atoms with Crippen molar-refractivity contribution in [2.24, 2.45) is 0 Å². The van der Waals surface area contributed by atoms with E-state index in [9.17, 15) is 0 Å². The second-order valence-electron chi connectivity index (χ2n) is 2.63. The maximum absolute atomic E-state index is 4.89. The van der Waals surface area contributed by atoms with Crippen LogP contribution in [0.1, 0.15) is 0 Å². The molecule has 1 aromatic heterocycles. The van der Waals surface area contributed by atoms with E-state index in [4.69, 9.17) is 19.2 Å². The fourth-order valence-electron chi connectivity index (χ4n) is 1.14. The first-order chi connectivity index (χ1) is 7.38. The summed E-state index contributed by atoms with van der Waals surface area (Å²) >= 11 is -0.556. The van der Waals surface area contributed by atoms with Crippen molar-refractivity contribution in [1.82, 2.24) is 4.98 Å². The molecule has 0 saturated heterocycles. The Kier molecular flexibility index (Phi) is 6.62. The quantitative estimate of drug-likeness (QED) is 0.679. The van der Waals surface area contributed by atoms with Crippen molar-refractivity contribution in [2.75, 3.05) is 0 Å². The summed E-state index contributed by atoms with van der Waals surface area (Å²) < 4.78 is 0. The molecule has 2 rings (SSSR count). The van der Waals surface area contributed by atoms with E-state index in [2.05, 4.69) is 17.1 Å². The summed E-state index contributed by atoms with van der Waals surface area (Å²) in [5.41, 5.74) is 2.19. The zero-order valence-corrected chi connectivity index (χ0v) is 11.6. The maximum atomic E-state index is 4.89. The van der Waals surface area contributed by atoms with Crippen LogP contribution in [-0.2, 0) is 15.7 Å². The van der Waals surface area contributed by atoms with Gasteiger partial charge in [0.05, 0.1) is 5.69 Å². The Balaban J connectivity index is 0.000000337. The first kappa shape index (κ1) is 12.7. The monoisotopic (exact) mass is 418 g/mol. The van der Waals surface area contributed by atoms with E-state index in [1.807, 2.05) is 42.6 Å². The summed E-state index contributed by atoms with van der Waals surface area (Å²) in [5.74, 6) is 0. The minimum Gasteiger partial charge on any atom is -0.256 e. The van der Waals surface area contributed by atoms with Crippen molar-refractivity contribution in [1.29, 1.82) is 0 Å². The minimum absolute atomic E-state index is 0.556. The van der Waals surface area contributed by atoms with Gasteiger partial charge in [0.25, 0.3) is 0 Å². The van der Waals surface area contributed by atoms with Gasteiger partial charge in [-0.3, -0.25) is 4.98 Å². The molecule has 0 N–H and O–H groups in total. The molecule has 0 aliphatic rings. The van der Waals surface area contributed by atoms with Crippen LogP contribution in [0, 0.1) is 0 Å². The van der Waals surface area contributed by atoms with E-state index >= 15 is 0 Å². The number of halogens is 2. The van der Waals surface area contributed by atoms with Gasteiger partial charge in [-0.05, 0) is 12.1 Å². The van der Waals surface area contributed by atoms with Crippen molar-refractivity contribution < 1.29 is 15.7 Å². The number of nitrogens with zero attached hydrogens (tertiary/aromatic N) is 1. The van der Waals surface area contributed by atoms with Crippen molar-refractivity contribution >= 4 is 19.2 Å². The summed E-state index contributed by atoms with van der Waals surface area (Å²) in [4.78, 5) is 4.25. The van der Waals surface area contributed by atoms with Gasteiger partial charge in [-0.1, -0.05) is 36.4 Å². The average Bonchev–Trinajstić information content (AvgIpc) is 2.32. The van der Waals surface area contributed by atoms with Crippen LogP contribution in [0.2, 0.25) is 0 Å². The number of aromatic nitrogens is 1. The molecule has 0 bridgehead atoms. The zero-order valence-electron chi connectivity index (χ0n) is 7.73. The Morgan fingerprint density at radius 1 is 0.867 bits per heavy atom. The Morgan fingerprint density at radius 3 is 2.00 bits per heavy atom. The first-order valence-electron chi connectivity index (χ1n) is 4.18. The summed E-state index contributed by atoms with van der Waals surface area (Å²) in [6.45, 7) is 0. The third-order valence-electron chi connectivity index (χ3n) is 1.73. The summed E-state index contributed by atoms with van der Waals surface area (Å²) in [6.07, 6.45) is 1.81. The van der Waals surface area contributed by atoms with E-state index in [1.165, 1.54) is 0 Å². The predicted molar refractivity (Wildman–Crippen MR) is 61.4 cm³/mol. The van der Waals surface area contributed by atoms with E-state index in [1.54, 1.807) is 0 Å². The minimum atomic E-state index is -0.556. The summed E-state index contributed by atoms with van der Waals surface area (Å²) in [6, 6.07) is 16.1. The fraction of sp³-hybridized carbons (Fsp3) is 0. The molecule has 0 unspecified atom stereocenters. The first-order valence-corrected chi connectivity index (χ1v) is 10.1. The SMILES string of the molecule is [Cl][Ir][Cl].c1ccc(-c2ccccn2)cc1. The van der Waals surface area contributed by atoms with Crippen molar-refractivity contribution in [2.45, 2.75) is 0 Å². The number of pyridine rings is 1. The molecule has 1 heterocycles. The normalized spacial score (nSPS) is 9.20. The molecule has 0 radical (unpaired) electrons. The van der Waals surface area contributed by atoms with Crippen LogP contribution in [0.25, 0.3) is 11.3 Å². The molecule has 0 fully saturated rings. The van der Waals surface area contributed by atoms with Gasteiger partial charge in [0, 0.05) is 11.8 Å². The van der Waals surface area contributed by atoms with Crippen LogP contribution in [0.15, 0.2) is 54.7 Å². The molecule has 0 aliphatic heterocycles. The molecule has 1 aromatic carbocycles. The Hall–Kier alpha value is -0.401. The molecule has 0 aliphatic carbocycles. The van der Waals surface area contributed by atoms with Crippen LogP contribution in [0.3, 0.4) is 0 Å². The molecule has 0 atom stereocenters. The van der Waals surface area contributed by atoms with E-state index in [-0.39, 0.29) is 0 Å². The smallest absolute Gasteiger partial charge is 0.0701 e. The van der Waals surface area contributed by atoms with Gasteiger partial charge >= 0.3 is 34.8 Å².